The van der Waals surface area contributed by atoms with Crippen LogP contribution in [0.2, 0.25) is 0 Å². The lowest BCUT2D eigenvalue weighted by molar-refractivity contribution is 0.0171. The summed E-state index contributed by atoms with van der Waals surface area (Å²) in [4.78, 5) is 2.21. The summed E-state index contributed by atoms with van der Waals surface area (Å²) in [5, 5.41) is 13.3. The summed E-state index contributed by atoms with van der Waals surface area (Å²) in [5.74, 6) is 1.44. The van der Waals surface area contributed by atoms with E-state index in [1.165, 1.54) is 0 Å². The van der Waals surface area contributed by atoms with Gasteiger partial charge in [-0.2, -0.15) is 0 Å². The van der Waals surface area contributed by atoms with Gasteiger partial charge in [0.15, 0.2) is 0 Å². The van der Waals surface area contributed by atoms with Crippen LogP contribution in [0.15, 0.2) is 18.2 Å². The first-order valence-electron chi connectivity index (χ1n) is 7.17. The Hall–Kier alpha value is -1.50. The Morgan fingerprint density at radius 3 is 2.71 bits per heavy atom. The molecule has 1 unspecified atom stereocenters. The first-order valence-corrected chi connectivity index (χ1v) is 7.17. The molecule has 0 radical (unpaired) electrons. The number of morpholine rings is 1. The van der Waals surface area contributed by atoms with Crippen molar-refractivity contribution >= 4 is 5.69 Å². The smallest absolute Gasteiger partial charge is 0.145 e. The Bertz CT molecular complexity index is 436. The van der Waals surface area contributed by atoms with Crippen LogP contribution in [0.5, 0.6) is 11.5 Å². The van der Waals surface area contributed by atoms with Crippen molar-refractivity contribution in [2.24, 2.45) is 0 Å². The van der Waals surface area contributed by atoms with Crippen LogP contribution in [0.3, 0.4) is 0 Å². The number of nitrogens with zero attached hydrogens (tertiary/aromatic N) is 1. The molecule has 0 spiro atoms. The molecule has 0 amide bonds. The molecule has 1 saturated heterocycles. The van der Waals surface area contributed by atoms with Gasteiger partial charge in [-0.1, -0.05) is 0 Å². The summed E-state index contributed by atoms with van der Waals surface area (Å²) in [6.07, 6.45) is -0.435. The van der Waals surface area contributed by atoms with E-state index in [1.54, 1.807) is 14.2 Å². The third-order valence-electron chi connectivity index (χ3n) is 3.51. The van der Waals surface area contributed by atoms with Crippen molar-refractivity contribution in [3.05, 3.63) is 18.2 Å². The van der Waals surface area contributed by atoms with Gasteiger partial charge in [-0.05, 0) is 12.1 Å². The number of methoxy groups -OCH3 is 2. The van der Waals surface area contributed by atoms with Crippen LogP contribution in [-0.4, -0.2) is 69.7 Å². The van der Waals surface area contributed by atoms with E-state index in [1.807, 2.05) is 18.2 Å². The molecule has 0 aliphatic carbocycles. The van der Waals surface area contributed by atoms with Crippen molar-refractivity contribution in [3.8, 4) is 11.5 Å². The second-order valence-electron chi connectivity index (χ2n) is 5.01. The van der Waals surface area contributed by atoms with E-state index in [4.69, 9.17) is 14.2 Å². The normalized spacial score (nSPS) is 17.3. The highest BCUT2D eigenvalue weighted by atomic mass is 16.5. The Labute approximate surface area is 125 Å². The van der Waals surface area contributed by atoms with Crippen LogP contribution < -0.4 is 14.8 Å². The molecular formula is C15H24N2O4. The number of anilines is 1. The molecule has 1 aromatic rings. The Morgan fingerprint density at radius 1 is 1.29 bits per heavy atom. The van der Waals surface area contributed by atoms with Gasteiger partial charge in [0.1, 0.15) is 11.5 Å². The maximum absolute atomic E-state index is 10.1. The van der Waals surface area contributed by atoms with Crippen molar-refractivity contribution in [3.63, 3.8) is 0 Å². The van der Waals surface area contributed by atoms with Crippen molar-refractivity contribution in [1.29, 1.82) is 0 Å². The molecule has 6 heteroatoms. The lowest BCUT2D eigenvalue weighted by atomic mass is 10.2. The van der Waals surface area contributed by atoms with Crippen LogP contribution in [-0.2, 0) is 4.74 Å². The second-order valence-corrected chi connectivity index (χ2v) is 5.01. The maximum Gasteiger partial charge on any atom is 0.145 e. The zero-order chi connectivity index (χ0) is 15.1. The van der Waals surface area contributed by atoms with Gasteiger partial charge in [0.2, 0.25) is 0 Å². The first kappa shape index (κ1) is 15.9. The zero-order valence-electron chi connectivity index (χ0n) is 12.7. The summed E-state index contributed by atoms with van der Waals surface area (Å²) in [6.45, 7) is 4.36. The molecule has 1 aliphatic heterocycles. The molecule has 21 heavy (non-hydrogen) atoms. The lowest BCUT2D eigenvalue weighted by Gasteiger charge is -2.28. The number of β-amino-alcohol motifs (C(OH)–C–C–N with tert-alkyl or cyclic N) is 1. The maximum atomic E-state index is 10.1. The number of nitrogens with one attached hydrogen (secondary N) is 1. The van der Waals surface area contributed by atoms with E-state index < -0.39 is 6.10 Å². The first-order chi connectivity index (χ1) is 10.2. The van der Waals surface area contributed by atoms with E-state index >= 15 is 0 Å². The predicted octanol–water partition coefficient (Wildman–Crippen LogP) is 0.809. The van der Waals surface area contributed by atoms with Crippen molar-refractivity contribution in [2.45, 2.75) is 6.10 Å². The molecule has 1 heterocycles. The van der Waals surface area contributed by atoms with Crippen molar-refractivity contribution in [2.75, 3.05) is 58.9 Å². The Balaban J connectivity index is 1.83. The van der Waals surface area contributed by atoms with Crippen LogP contribution >= 0.6 is 0 Å². The third-order valence-corrected chi connectivity index (χ3v) is 3.51. The molecule has 118 valence electrons. The lowest BCUT2D eigenvalue weighted by Crippen LogP contribution is -2.42. The van der Waals surface area contributed by atoms with Gasteiger partial charge in [-0.25, -0.2) is 0 Å². The highest BCUT2D eigenvalue weighted by molar-refractivity contribution is 5.59. The molecule has 0 saturated carbocycles. The largest absolute Gasteiger partial charge is 0.497 e. The summed E-state index contributed by atoms with van der Waals surface area (Å²) < 4.78 is 15.8. The van der Waals surface area contributed by atoms with E-state index in [2.05, 4.69) is 10.2 Å². The number of benzene rings is 1. The molecule has 0 bridgehead atoms. The molecule has 2 rings (SSSR count). The molecule has 1 fully saturated rings. The molecule has 6 nitrogen and oxygen atoms in total. The zero-order valence-corrected chi connectivity index (χ0v) is 12.7. The van der Waals surface area contributed by atoms with Gasteiger partial charge in [0.25, 0.3) is 0 Å². The molecule has 1 aromatic carbocycles. The molecule has 2 N–H and O–H groups in total. The van der Waals surface area contributed by atoms with Crippen LogP contribution in [0.4, 0.5) is 5.69 Å². The summed E-state index contributed by atoms with van der Waals surface area (Å²) in [7, 11) is 3.23. The topological polar surface area (TPSA) is 63.2 Å². The number of aliphatic hydroxyl groups is 1. The van der Waals surface area contributed by atoms with Crippen LogP contribution in [0.25, 0.3) is 0 Å². The summed E-state index contributed by atoms with van der Waals surface area (Å²) in [5.41, 5.74) is 0.847. The molecule has 1 atom stereocenters. The van der Waals surface area contributed by atoms with Gasteiger partial charge in [-0.15, -0.1) is 0 Å². The quantitative estimate of drug-likeness (QED) is 0.776. The average molecular weight is 296 g/mol. The number of hydrogen-bond acceptors (Lipinski definition) is 6. The fraction of sp³-hybridized carbons (Fsp3) is 0.600. The van der Waals surface area contributed by atoms with E-state index in [0.29, 0.717) is 18.8 Å². The summed E-state index contributed by atoms with van der Waals surface area (Å²) >= 11 is 0. The standard InChI is InChI=1S/C15H24N2O4/c1-19-13-3-4-14(15(9-13)20-2)16-10-12(18)11-17-5-7-21-8-6-17/h3-4,9,12,16,18H,5-8,10-11H2,1-2H3. The minimum atomic E-state index is -0.435. The van der Waals surface area contributed by atoms with Gasteiger partial charge in [0, 0.05) is 32.2 Å². The van der Waals surface area contributed by atoms with Gasteiger partial charge in [0.05, 0.1) is 39.2 Å². The highest BCUT2D eigenvalue weighted by Crippen LogP contribution is 2.28. The SMILES string of the molecule is COc1ccc(NCC(O)CN2CCOCC2)c(OC)c1. The second kappa shape index (κ2) is 8.07. The molecule has 1 aliphatic rings. The Kier molecular flexibility index (Phi) is 6.10. The van der Waals surface area contributed by atoms with Gasteiger partial charge >= 0.3 is 0 Å². The predicted molar refractivity (Wildman–Crippen MR) is 81.3 cm³/mol. The van der Waals surface area contributed by atoms with Crippen molar-refractivity contribution < 1.29 is 19.3 Å². The molecule has 0 aromatic heterocycles. The molecular weight excluding hydrogens is 272 g/mol. The minimum absolute atomic E-state index is 0.435. The fourth-order valence-corrected chi connectivity index (χ4v) is 2.32. The fourth-order valence-electron chi connectivity index (χ4n) is 2.32. The average Bonchev–Trinajstić information content (AvgIpc) is 2.53. The number of rotatable bonds is 7. The number of ether oxygens (including phenoxy) is 3. The Morgan fingerprint density at radius 2 is 2.05 bits per heavy atom. The van der Waals surface area contributed by atoms with Crippen LogP contribution in [0.1, 0.15) is 0 Å². The van der Waals surface area contributed by atoms with E-state index in [0.717, 1.165) is 37.7 Å². The van der Waals surface area contributed by atoms with Gasteiger partial charge in [-0.3, -0.25) is 4.90 Å². The third kappa shape index (κ3) is 4.77. The number of hydrogen-bond donors (Lipinski definition) is 2. The minimum Gasteiger partial charge on any atom is -0.497 e. The van der Waals surface area contributed by atoms with E-state index in [-0.39, 0.29) is 0 Å². The van der Waals surface area contributed by atoms with E-state index in [9.17, 15) is 5.11 Å². The highest BCUT2D eigenvalue weighted by Gasteiger charge is 2.15. The van der Waals surface area contributed by atoms with Crippen LogP contribution in [0, 0.1) is 0 Å². The van der Waals surface area contributed by atoms with Crippen molar-refractivity contribution in [1.82, 2.24) is 4.90 Å². The van der Waals surface area contributed by atoms with Gasteiger partial charge < -0.3 is 24.6 Å². The summed E-state index contributed by atoms with van der Waals surface area (Å²) in [6, 6.07) is 5.56. The number of aliphatic hydroxyl groups excluding tert-OH is 1. The monoisotopic (exact) mass is 296 g/mol.